The van der Waals surface area contributed by atoms with Gasteiger partial charge < -0.3 is 24.3 Å². The van der Waals surface area contributed by atoms with Crippen LogP contribution in [0.25, 0.3) is 6.08 Å². The van der Waals surface area contributed by atoms with E-state index in [0.29, 0.717) is 35.1 Å². The number of ether oxygens (including phenoxy) is 4. The number of carbonyl (C=O) groups is 4. The van der Waals surface area contributed by atoms with Crippen LogP contribution in [-0.4, -0.2) is 61.4 Å². The highest BCUT2D eigenvalue weighted by Gasteiger charge is 2.36. The highest BCUT2D eigenvalue weighted by molar-refractivity contribution is 8.18. The van der Waals surface area contributed by atoms with E-state index in [9.17, 15) is 19.2 Å². The fourth-order valence-corrected chi connectivity index (χ4v) is 4.05. The van der Waals surface area contributed by atoms with Crippen molar-refractivity contribution in [2.75, 3.05) is 38.8 Å². The van der Waals surface area contributed by atoms with Crippen molar-refractivity contribution in [3.05, 3.63) is 52.9 Å². The first-order chi connectivity index (χ1) is 17.4. The summed E-state index contributed by atoms with van der Waals surface area (Å²) in [5.41, 5.74) is 1.01. The predicted molar refractivity (Wildman–Crippen MR) is 134 cm³/mol. The number of nitrogens with one attached hydrogen (secondary N) is 1. The summed E-state index contributed by atoms with van der Waals surface area (Å²) >= 11 is 0.736. The van der Waals surface area contributed by atoms with Crippen molar-refractivity contribution in [3.8, 4) is 17.2 Å². The summed E-state index contributed by atoms with van der Waals surface area (Å²) < 4.78 is 21.1. The van der Waals surface area contributed by atoms with Crippen LogP contribution in [0.5, 0.6) is 17.2 Å². The van der Waals surface area contributed by atoms with Gasteiger partial charge in [0.15, 0.2) is 18.1 Å². The fourth-order valence-electron chi connectivity index (χ4n) is 3.21. The zero-order valence-electron chi connectivity index (χ0n) is 20.1. The number of hydrogen-bond acceptors (Lipinski definition) is 9. The van der Waals surface area contributed by atoms with Gasteiger partial charge in [0.25, 0.3) is 11.1 Å². The molecule has 0 aromatic heterocycles. The van der Waals surface area contributed by atoms with Crippen molar-refractivity contribution in [1.29, 1.82) is 0 Å². The Bertz CT molecular complexity index is 1180. The summed E-state index contributed by atoms with van der Waals surface area (Å²) in [6.07, 6.45) is 1.53. The maximum absolute atomic E-state index is 12.9. The SMILES string of the molecule is CCOC(=O)COc1ccc(/C=C2\SC(=O)N(CC(=O)Nc3ccccc3OC)C2=O)cc1OCC. The maximum atomic E-state index is 12.9. The number of amides is 3. The van der Waals surface area contributed by atoms with Crippen LogP contribution < -0.4 is 19.5 Å². The van der Waals surface area contributed by atoms with Crippen LogP contribution in [-0.2, 0) is 19.1 Å². The van der Waals surface area contributed by atoms with Gasteiger partial charge in [-0.25, -0.2) is 4.79 Å². The van der Waals surface area contributed by atoms with Crippen LogP contribution >= 0.6 is 11.8 Å². The zero-order chi connectivity index (χ0) is 26.1. The second-order valence-electron chi connectivity index (χ2n) is 7.25. The molecule has 1 fully saturated rings. The molecule has 0 saturated carbocycles. The van der Waals surface area contributed by atoms with Gasteiger partial charge in [0.1, 0.15) is 12.3 Å². The number of para-hydroxylation sites is 2. The van der Waals surface area contributed by atoms with Crippen molar-refractivity contribution in [2.45, 2.75) is 13.8 Å². The standard InChI is InChI=1S/C25H26N2O8S/c1-4-33-20-12-16(10-11-19(20)35-15-23(29)34-5-2)13-21-24(30)27(25(31)36-21)14-22(28)26-17-8-6-7-9-18(17)32-3/h6-13H,4-5,14-15H2,1-3H3,(H,26,28)/b21-13-. The van der Waals surface area contributed by atoms with Crippen molar-refractivity contribution < 1.29 is 38.1 Å². The molecule has 0 radical (unpaired) electrons. The van der Waals surface area contributed by atoms with Crippen molar-refractivity contribution in [1.82, 2.24) is 4.90 Å². The molecule has 10 nitrogen and oxygen atoms in total. The number of thioether (sulfide) groups is 1. The summed E-state index contributed by atoms with van der Waals surface area (Å²) in [5, 5.41) is 2.09. The molecule has 1 aliphatic rings. The van der Waals surface area contributed by atoms with E-state index in [1.54, 1.807) is 56.3 Å². The maximum Gasteiger partial charge on any atom is 0.344 e. The number of methoxy groups -OCH3 is 1. The van der Waals surface area contributed by atoms with E-state index >= 15 is 0 Å². The average Bonchev–Trinajstić information content (AvgIpc) is 3.11. The smallest absolute Gasteiger partial charge is 0.344 e. The predicted octanol–water partition coefficient (Wildman–Crippen LogP) is 3.71. The van der Waals surface area contributed by atoms with Crippen LogP contribution in [0, 0.1) is 0 Å². The highest BCUT2D eigenvalue weighted by Crippen LogP contribution is 2.35. The molecule has 3 amide bonds. The van der Waals surface area contributed by atoms with Crippen LogP contribution in [0.15, 0.2) is 47.4 Å². The first-order valence-corrected chi connectivity index (χ1v) is 11.9. The van der Waals surface area contributed by atoms with E-state index in [1.807, 2.05) is 0 Å². The molecule has 2 aromatic rings. The molecular weight excluding hydrogens is 488 g/mol. The molecule has 0 spiro atoms. The molecule has 2 aromatic carbocycles. The topological polar surface area (TPSA) is 120 Å². The molecule has 190 valence electrons. The van der Waals surface area contributed by atoms with Crippen molar-refractivity contribution in [2.24, 2.45) is 0 Å². The molecule has 1 aliphatic heterocycles. The van der Waals surface area contributed by atoms with E-state index in [2.05, 4.69) is 5.32 Å². The first kappa shape index (κ1) is 26.6. The lowest BCUT2D eigenvalue weighted by molar-refractivity contribution is -0.145. The molecule has 1 heterocycles. The van der Waals surface area contributed by atoms with Gasteiger partial charge in [0.2, 0.25) is 5.91 Å². The van der Waals surface area contributed by atoms with E-state index in [4.69, 9.17) is 18.9 Å². The van der Waals surface area contributed by atoms with Gasteiger partial charge >= 0.3 is 5.97 Å². The highest BCUT2D eigenvalue weighted by atomic mass is 32.2. The van der Waals surface area contributed by atoms with Gasteiger partial charge in [0, 0.05) is 0 Å². The van der Waals surface area contributed by atoms with Gasteiger partial charge in [0.05, 0.1) is 30.9 Å². The second-order valence-corrected chi connectivity index (χ2v) is 8.24. The monoisotopic (exact) mass is 514 g/mol. The number of rotatable bonds is 11. The van der Waals surface area contributed by atoms with Gasteiger partial charge in [-0.15, -0.1) is 0 Å². The minimum Gasteiger partial charge on any atom is -0.495 e. The third-order valence-corrected chi connectivity index (χ3v) is 5.68. The molecule has 36 heavy (non-hydrogen) atoms. The molecule has 3 rings (SSSR count). The zero-order valence-corrected chi connectivity index (χ0v) is 20.9. The van der Waals surface area contributed by atoms with E-state index in [0.717, 1.165) is 16.7 Å². The number of anilines is 1. The van der Waals surface area contributed by atoms with Gasteiger partial charge in [-0.3, -0.25) is 19.3 Å². The van der Waals surface area contributed by atoms with Gasteiger partial charge in [-0.2, -0.15) is 0 Å². The Hall–Kier alpha value is -3.99. The lowest BCUT2D eigenvalue weighted by Gasteiger charge is -2.14. The normalized spacial score (nSPS) is 14.1. The van der Waals surface area contributed by atoms with E-state index in [-0.39, 0.29) is 18.1 Å². The molecule has 11 heteroatoms. The third kappa shape index (κ3) is 6.79. The Balaban J connectivity index is 1.71. The van der Waals surface area contributed by atoms with Gasteiger partial charge in [-0.1, -0.05) is 18.2 Å². The Morgan fingerprint density at radius 1 is 1.00 bits per heavy atom. The molecule has 0 atom stereocenters. The number of benzene rings is 2. The largest absolute Gasteiger partial charge is 0.495 e. The summed E-state index contributed by atoms with van der Waals surface area (Å²) in [6, 6.07) is 11.7. The van der Waals surface area contributed by atoms with Crippen LogP contribution in [0.4, 0.5) is 10.5 Å². The Labute approximate surface area is 212 Å². The minimum absolute atomic E-state index is 0.160. The Morgan fingerprint density at radius 3 is 2.50 bits per heavy atom. The minimum atomic E-state index is -0.583. The van der Waals surface area contributed by atoms with E-state index < -0.39 is 29.6 Å². The third-order valence-electron chi connectivity index (χ3n) is 4.77. The van der Waals surface area contributed by atoms with Crippen LogP contribution in [0.3, 0.4) is 0 Å². The number of carbonyl (C=O) groups excluding carboxylic acids is 4. The summed E-state index contributed by atoms with van der Waals surface area (Å²) in [4.78, 5) is 50.4. The average molecular weight is 515 g/mol. The fraction of sp³-hybridized carbons (Fsp3) is 0.280. The van der Waals surface area contributed by atoms with Crippen molar-refractivity contribution in [3.63, 3.8) is 0 Å². The lowest BCUT2D eigenvalue weighted by Crippen LogP contribution is -2.36. The number of hydrogen-bond donors (Lipinski definition) is 1. The molecular formula is C25H26N2O8S. The molecule has 0 unspecified atom stereocenters. The van der Waals surface area contributed by atoms with Crippen LogP contribution in [0.2, 0.25) is 0 Å². The van der Waals surface area contributed by atoms with Gasteiger partial charge in [-0.05, 0) is 61.5 Å². The quantitative estimate of drug-likeness (QED) is 0.353. The Morgan fingerprint density at radius 2 is 1.78 bits per heavy atom. The van der Waals surface area contributed by atoms with Crippen LogP contribution in [0.1, 0.15) is 19.4 Å². The summed E-state index contributed by atoms with van der Waals surface area (Å²) in [5.74, 6) is -0.466. The Kier molecular flexibility index (Phi) is 9.34. The molecule has 1 saturated heterocycles. The van der Waals surface area contributed by atoms with E-state index in [1.165, 1.54) is 13.2 Å². The molecule has 0 aliphatic carbocycles. The lowest BCUT2D eigenvalue weighted by atomic mass is 10.2. The molecule has 1 N–H and O–H groups in total. The number of nitrogens with zero attached hydrogens (tertiary/aromatic N) is 1. The summed E-state index contributed by atoms with van der Waals surface area (Å²) in [6.45, 7) is 3.37. The summed E-state index contributed by atoms with van der Waals surface area (Å²) in [7, 11) is 1.47. The molecule has 0 bridgehead atoms. The number of imide groups is 1. The number of esters is 1. The first-order valence-electron chi connectivity index (χ1n) is 11.1. The van der Waals surface area contributed by atoms with Crippen molar-refractivity contribution >= 4 is 46.5 Å². The second kappa shape index (κ2) is 12.6.